The van der Waals surface area contributed by atoms with Gasteiger partial charge in [0, 0.05) is 11.3 Å². The molecule has 1 aliphatic heterocycles. The molecule has 3 aromatic rings. The van der Waals surface area contributed by atoms with Crippen molar-refractivity contribution in [3.8, 4) is 11.5 Å². The summed E-state index contributed by atoms with van der Waals surface area (Å²) < 4.78 is 34.1. The number of ether oxygens (including phenoxy) is 3. The largest absolute Gasteiger partial charge is 0.493 e. The number of nitrogens with zero attached hydrogens (tertiary/aromatic N) is 1. The zero-order valence-electron chi connectivity index (χ0n) is 20.2. The number of hydrogen-bond donors (Lipinski definition) is 1. The van der Waals surface area contributed by atoms with E-state index in [1.807, 2.05) is 0 Å². The van der Waals surface area contributed by atoms with E-state index in [1.54, 1.807) is 18.2 Å². The number of para-hydroxylation sites is 1. The Balaban J connectivity index is 1.49. The fraction of sp³-hybridized carbons (Fsp3) is 0.154. The first-order chi connectivity index (χ1) is 18.3. The third-order valence-corrected chi connectivity index (χ3v) is 6.13. The molecular weight excluding hydrogens is 519 g/mol. The summed E-state index contributed by atoms with van der Waals surface area (Å²) in [5.41, 5.74) is 0.791. The number of halogens is 1. The van der Waals surface area contributed by atoms with Gasteiger partial charge in [-0.05, 0) is 60.3 Å². The van der Waals surface area contributed by atoms with Gasteiger partial charge in [-0.15, -0.1) is 0 Å². The maximum Gasteiger partial charge on any atom is 0.373 e. The van der Waals surface area contributed by atoms with Crippen molar-refractivity contribution in [1.29, 1.82) is 0 Å². The molecule has 0 atom stereocenters. The Hall–Kier alpha value is -4.58. The van der Waals surface area contributed by atoms with Gasteiger partial charge in [0.05, 0.1) is 25.7 Å². The standard InChI is InChI=1S/C26H21FN2O8S/c1-34-19-5-3-4-15(23(19)36-14-22(30)28-17-8-6-16(27)7-9-17)12-21-24(31)29(26(33)38-21)13-18-10-11-20(37-18)25(32)35-2/h3-12H,13-14H2,1-2H3,(H,28,30)/b21-12+. The van der Waals surface area contributed by atoms with Crippen LogP contribution in [0.3, 0.4) is 0 Å². The Labute approximate surface area is 220 Å². The Morgan fingerprint density at radius 3 is 2.55 bits per heavy atom. The Kier molecular flexibility index (Phi) is 8.12. The predicted octanol–water partition coefficient (Wildman–Crippen LogP) is 4.47. The van der Waals surface area contributed by atoms with Gasteiger partial charge in [-0.3, -0.25) is 19.3 Å². The first kappa shape index (κ1) is 26.5. The van der Waals surface area contributed by atoms with E-state index in [2.05, 4.69) is 10.1 Å². The SMILES string of the molecule is COC(=O)c1ccc(CN2C(=O)S/C(=C/c3cccc(OC)c3OCC(=O)Nc3ccc(F)cc3)C2=O)o1. The number of carbonyl (C=O) groups excluding carboxylic acids is 4. The fourth-order valence-corrected chi connectivity index (χ4v) is 4.27. The highest BCUT2D eigenvalue weighted by Gasteiger charge is 2.36. The van der Waals surface area contributed by atoms with Gasteiger partial charge in [0.2, 0.25) is 5.76 Å². The van der Waals surface area contributed by atoms with Crippen LogP contribution in [-0.2, 0) is 20.9 Å². The molecule has 1 aromatic heterocycles. The summed E-state index contributed by atoms with van der Waals surface area (Å²) in [5, 5.41) is 2.06. The summed E-state index contributed by atoms with van der Waals surface area (Å²) in [5.74, 6) is -1.52. The second-order valence-electron chi connectivity index (χ2n) is 7.75. The second kappa shape index (κ2) is 11.6. The van der Waals surface area contributed by atoms with Crippen LogP contribution in [0.5, 0.6) is 11.5 Å². The molecule has 2 heterocycles. The zero-order chi connectivity index (χ0) is 27.2. The van der Waals surface area contributed by atoms with Gasteiger partial charge in [0.15, 0.2) is 18.1 Å². The van der Waals surface area contributed by atoms with Gasteiger partial charge in [-0.2, -0.15) is 0 Å². The van der Waals surface area contributed by atoms with Crippen molar-refractivity contribution in [2.75, 3.05) is 26.1 Å². The second-order valence-corrected chi connectivity index (χ2v) is 8.74. The van der Waals surface area contributed by atoms with Gasteiger partial charge in [0.1, 0.15) is 11.6 Å². The molecule has 1 fully saturated rings. The minimum atomic E-state index is -0.679. The zero-order valence-corrected chi connectivity index (χ0v) is 21.0. The van der Waals surface area contributed by atoms with Gasteiger partial charge < -0.3 is 23.9 Å². The van der Waals surface area contributed by atoms with E-state index >= 15 is 0 Å². The molecule has 0 radical (unpaired) electrons. The minimum Gasteiger partial charge on any atom is -0.493 e. The number of esters is 1. The third-order valence-electron chi connectivity index (χ3n) is 5.23. The minimum absolute atomic E-state index is 0.0494. The number of benzene rings is 2. The monoisotopic (exact) mass is 540 g/mol. The van der Waals surface area contributed by atoms with E-state index in [4.69, 9.17) is 13.9 Å². The Morgan fingerprint density at radius 1 is 1.08 bits per heavy atom. The van der Waals surface area contributed by atoms with E-state index in [1.165, 1.54) is 56.7 Å². The Bertz CT molecular complexity index is 1420. The van der Waals surface area contributed by atoms with Crippen LogP contribution in [0.1, 0.15) is 21.9 Å². The van der Waals surface area contributed by atoms with Crippen LogP contribution in [0.15, 0.2) is 63.9 Å². The number of furan rings is 1. The van der Waals surface area contributed by atoms with Crippen LogP contribution in [0.25, 0.3) is 6.08 Å². The Morgan fingerprint density at radius 2 is 1.84 bits per heavy atom. The highest BCUT2D eigenvalue weighted by Crippen LogP contribution is 2.38. The van der Waals surface area contributed by atoms with Crippen LogP contribution in [0.4, 0.5) is 14.9 Å². The average molecular weight is 541 g/mol. The quantitative estimate of drug-likeness (QED) is 0.309. The van der Waals surface area contributed by atoms with Crippen molar-refractivity contribution in [3.63, 3.8) is 0 Å². The van der Waals surface area contributed by atoms with Crippen molar-refractivity contribution in [3.05, 3.63) is 82.4 Å². The summed E-state index contributed by atoms with van der Waals surface area (Å²) in [6.45, 7) is -0.578. The molecule has 3 amide bonds. The molecule has 1 aliphatic rings. The lowest BCUT2D eigenvalue weighted by Gasteiger charge is -2.14. The third kappa shape index (κ3) is 6.03. The van der Waals surface area contributed by atoms with E-state index < -0.39 is 35.4 Å². The molecule has 0 bridgehead atoms. The van der Waals surface area contributed by atoms with E-state index in [9.17, 15) is 23.6 Å². The van der Waals surface area contributed by atoms with Crippen LogP contribution < -0.4 is 14.8 Å². The lowest BCUT2D eigenvalue weighted by Crippen LogP contribution is -2.27. The molecular formula is C26H21FN2O8S. The summed E-state index contributed by atoms with van der Waals surface area (Å²) in [6, 6.07) is 13.0. The molecule has 4 rings (SSSR count). The summed E-state index contributed by atoms with van der Waals surface area (Å²) in [7, 11) is 2.63. The molecule has 10 nitrogen and oxygen atoms in total. The summed E-state index contributed by atoms with van der Waals surface area (Å²) >= 11 is 0.722. The highest BCUT2D eigenvalue weighted by atomic mass is 32.2. The van der Waals surface area contributed by atoms with Crippen LogP contribution in [-0.4, -0.2) is 48.7 Å². The molecule has 2 aromatic carbocycles. The first-order valence-electron chi connectivity index (χ1n) is 11.1. The number of thioether (sulfide) groups is 1. The number of methoxy groups -OCH3 is 2. The number of imide groups is 1. The van der Waals surface area contributed by atoms with Crippen LogP contribution in [0, 0.1) is 5.82 Å². The van der Waals surface area contributed by atoms with Gasteiger partial charge in [0.25, 0.3) is 17.1 Å². The summed E-state index contributed by atoms with van der Waals surface area (Å²) in [6.07, 6.45) is 1.46. The van der Waals surface area contributed by atoms with Gasteiger partial charge in [-0.1, -0.05) is 12.1 Å². The van der Waals surface area contributed by atoms with E-state index in [0.717, 1.165) is 16.7 Å². The van der Waals surface area contributed by atoms with Crippen molar-refractivity contribution in [2.24, 2.45) is 0 Å². The maximum atomic E-state index is 13.1. The predicted molar refractivity (Wildman–Crippen MR) is 135 cm³/mol. The lowest BCUT2D eigenvalue weighted by molar-refractivity contribution is -0.123. The normalized spacial score (nSPS) is 14.1. The number of anilines is 1. The molecule has 0 saturated carbocycles. The van der Waals surface area contributed by atoms with Crippen molar-refractivity contribution >= 4 is 46.5 Å². The number of amides is 3. The van der Waals surface area contributed by atoms with Gasteiger partial charge in [-0.25, -0.2) is 9.18 Å². The van der Waals surface area contributed by atoms with E-state index in [0.29, 0.717) is 17.0 Å². The maximum absolute atomic E-state index is 13.1. The topological polar surface area (TPSA) is 124 Å². The molecule has 196 valence electrons. The number of hydrogen-bond acceptors (Lipinski definition) is 9. The molecule has 38 heavy (non-hydrogen) atoms. The number of rotatable bonds is 9. The first-order valence-corrected chi connectivity index (χ1v) is 11.9. The smallest absolute Gasteiger partial charge is 0.373 e. The molecule has 0 spiro atoms. The fourth-order valence-electron chi connectivity index (χ4n) is 3.44. The van der Waals surface area contributed by atoms with E-state index in [-0.39, 0.29) is 28.7 Å². The number of nitrogens with one attached hydrogen (secondary N) is 1. The average Bonchev–Trinajstić information content (AvgIpc) is 3.49. The number of carbonyl (C=O) groups is 4. The van der Waals surface area contributed by atoms with Crippen molar-refractivity contribution < 1.29 is 42.2 Å². The molecule has 12 heteroatoms. The molecule has 1 N–H and O–H groups in total. The molecule has 0 aliphatic carbocycles. The van der Waals surface area contributed by atoms with Crippen LogP contribution in [0.2, 0.25) is 0 Å². The van der Waals surface area contributed by atoms with Crippen molar-refractivity contribution in [1.82, 2.24) is 4.90 Å². The lowest BCUT2D eigenvalue weighted by atomic mass is 10.1. The van der Waals surface area contributed by atoms with Crippen molar-refractivity contribution in [2.45, 2.75) is 6.54 Å². The molecule has 1 saturated heterocycles. The summed E-state index contributed by atoms with van der Waals surface area (Å²) in [4.78, 5) is 50.6. The highest BCUT2D eigenvalue weighted by molar-refractivity contribution is 8.18. The molecule has 0 unspecified atom stereocenters. The van der Waals surface area contributed by atoms with Gasteiger partial charge >= 0.3 is 5.97 Å². The van der Waals surface area contributed by atoms with Crippen LogP contribution >= 0.6 is 11.8 Å².